The Labute approximate surface area is 107 Å². The van der Waals surface area contributed by atoms with Gasteiger partial charge in [0.2, 0.25) is 5.91 Å². The predicted octanol–water partition coefficient (Wildman–Crippen LogP) is 0.457. The summed E-state index contributed by atoms with van der Waals surface area (Å²) in [6.45, 7) is 2.23. The third-order valence-electron chi connectivity index (χ3n) is 3.01. The standard InChI is InChI=1S/C12H17N3OS/c1-3-6-14-11(16)9-15-7-4-12(10-13,17-2)5-8-15/h1H,4-9H2,2H3,(H,14,16). The molecule has 1 aliphatic rings. The summed E-state index contributed by atoms with van der Waals surface area (Å²) < 4.78 is -0.258. The fraction of sp³-hybridized carbons (Fsp3) is 0.667. The molecule has 0 radical (unpaired) electrons. The van der Waals surface area contributed by atoms with E-state index in [0.29, 0.717) is 6.54 Å². The van der Waals surface area contributed by atoms with Crippen molar-refractivity contribution in [1.82, 2.24) is 10.2 Å². The maximum absolute atomic E-state index is 11.5. The molecule has 0 aromatic carbocycles. The summed E-state index contributed by atoms with van der Waals surface area (Å²) in [6, 6.07) is 2.38. The van der Waals surface area contributed by atoms with Gasteiger partial charge in [0.25, 0.3) is 0 Å². The molecule has 5 heteroatoms. The van der Waals surface area contributed by atoms with Gasteiger partial charge in [-0.15, -0.1) is 18.2 Å². The average Bonchev–Trinajstić information content (AvgIpc) is 2.38. The molecule has 0 saturated carbocycles. The van der Waals surface area contributed by atoms with Crippen molar-refractivity contribution in [1.29, 1.82) is 5.26 Å². The minimum absolute atomic E-state index is 0.0449. The predicted molar refractivity (Wildman–Crippen MR) is 69.4 cm³/mol. The van der Waals surface area contributed by atoms with Crippen LogP contribution in [-0.4, -0.2) is 48.0 Å². The maximum atomic E-state index is 11.5. The molecule has 0 aromatic heterocycles. The zero-order chi connectivity index (χ0) is 12.7. The SMILES string of the molecule is C#CCNC(=O)CN1CCC(C#N)(SC)CC1. The van der Waals surface area contributed by atoms with Crippen LogP contribution >= 0.6 is 11.8 Å². The van der Waals surface area contributed by atoms with Crippen LogP contribution in [0.5, 0.6) is 0 Å². The Morgan fingerprint density at radius 2 is 2.24 bits per heavy atom. The number of hydrogen-bond donors (Lipinski definition) is 1. The number of nitriles is 1. The topological polar surface area (TPSA) is 56.1 Å². The van der Waals surface area contributed by atoms with Gasteiger partial charge in [0.05, 0.1) is 19.2 Å². The van der Waals surface area contributed by atoms with Crippen LogP contribution in [-0.2, 0) is 4.79 Å². The highest BCUT2D eigenvalue weighted by molar-refractivity contribution is 8.00. The first-order chi connectivity index (χ1) is 8.15. The lowest BCUT2D eigenvalue weighted by Crippen LogP contribution is -2.45. The van der Waals surface area contributed by atoms with Crippen LogP contribution in [0.4, 0.5) is 0 Å². The number of nitrogens with one attached hydrogen (secondary N) is 1. The summed E-state index contributed by atoms with van der Waals surface area (Å²) in [7, 11) is 0. The van der Waals surface area contributed by atoms with Gasteiger partial charge < -0.3 is 5.32 Å². The molecule has 0 aromatic rings. The lowest BCUT2D eigenvalue weighted by atomic mass is 9.97. The number of nitrogens with zero attached hydrogens (tertiary/aromatic N) is 2. The van der Waals surface area contributed by atoms with Gasteiger partial charge >= 0.3 is 0 Å². The molecular formula is C12H17N3OS. The molecule has 4 nitrogen and oxygen atoms in total. The van der Waals surface area contributed by atoms with E-state index in [-0.39, 0.29) is 17.2 Å². The molecule has 92 valence electrons. The Morgan fingerprint density at radius 3 is 2.71 bits per heavy atom. The van der Waals surface area contributed by atoms with Crippen molar-refractivity contribution >= 4 is 17.7 Å². The van der Waals surface area contributed by atoms with Crippen LogP contribution in [0.2, 0.25) is 0 Å². The first-order valence-electron chi connectivity index (χ1n) is 5.55. The molecule has 0 atom stereocenters. The third kappa shape index (κ3) is 3.96. The molecular weight excluding hydrogens is 234 g/mol. The molecule has 0 spiro atoms. The van der Waals surface area contributed by atoms with Gasteiger partial charge in [0.1, 0.15) is 4.75 Å². The van der Waals surface area contributed by atoms with Crippen LogP contribution < -0.4 is 5.32 Å². The number of piperidine rings is 1. The minimum Gasteiger partial charge on any atom is -0.344 e. The summed E-state index contributed by atoms with van der Waals surface area (Å²) in [5.74, 6) is 2.33. The highest BCUT2D eigenvalue weighted by Gasteiger charge is 2.34. The molecule has 1 rings (SSSR count). The zero-order valence-corrected chi connectivity index (χ0v) is 10.8. The van der Waals surface area contributed by atoms with E-state index in [4.69, 9.17) is 11.7 Å². The van der Waals surface area contributed by atoms with Crippen LogP contribution in [0.3, 0.4) is 0 Å². The normalized spacial score (nSPS) is 19.0. The van der Waals surface area contributed by atoms with E-state index in [1.165, 1.54) is 0 Å². The number of terminal acetylenes is 1. The molecule has 0 bridgehead atoms. The Hall–Kier alpha value is -1.17. The summed E-state index contributed by atoms with van der Waals surface area (Å²) in [6.07, 6.45) is 8.66. The van der Waals surface area contributed by atoms with Crippen molar-refractivity contribution < 1.29 is 4.79 Å². The van der Waals surface area contributed by atoms with Crippen LogP contribution in [0, 0.1) is 23.7 Å². The molecule has 1 amide bonds. The molecule has 17 heavy (non-hydrogen) atoms. The lowest BCUT2D eigenvalue weighted by molar-refractivity contribution is -0.122. The number of thioether (sulfide) groups is 1. The number of rotatable bonds is 4. The van der Waals surface area contributed by atoms with Crippen LogP contribution in [0.1, 0.15) is 12.8 Å². The van der Waals surface area contributed by atoms with E-state index in [2.05, 4.69) is 22.2 Å². The number of carbonyl (C=O) groups excluding carboxylic acids is 1. The molecule has 0 unspecified atom stereocenters. The Kier molecular flexibility index (Phi) is 5.34. The Balaban J connectivity index is 2.36. The molecule has 1 saturated heterocycles. The molecule has 1 fully saturated rings. The number of likely N-dealkylation sites (tertiary alicyclic amines) is 1. The highest BCUT2D eigenvalue weighted by atomic mass is 32.2. The zero-order valence-electron chi connectivity index (χ0n) is 10.0. The van der Waals surface area contributed by atoms with Crippen molar-refractivity contribution in [3.05, 3.63) is 0 Å². The maximum Gasteiger partial charge on any atom is 0.234 e. The van der Waals surface area contributed by atoms with E-state index in [1.54, 1.807) is 11.8 Å². The van der Waals surface area contributed by atoms with E-state index in [0.717, 1.165) is 25.9 Å². The summed E-state index contributed by atoms with van der Waals surface area (Å²) in [4.78, 5) is 13.5. The van der Waals surface area contributed by atoms with Gasteiger partial charge in [-0.3, -0.25) is 9.69 Å². The number of hydrogen-bond acceptors (Lipinski definition) is 4. The first-order valence-corrected chi connectivity index (χ1v) is 6.77. The second kappa shape index (κ2) is 6.54. The minimum atomic E-state index is -0.258. The third-order valence-corrected chi connectivity index (χ3v) is 4.29. The monoisotopic (exact) mass is 251 g/mol. The van der Waals surface area contributed by atoms with Crippen molar-refractivity contribution in [3.63, 3.8) is 0 Å². The van der Waals surface area contributed by atoms with Crippen molar-refractivity contribution in [2.24, 2.45) is 0 Å². The molecule has 0 aliphatic carbocycles. The fourth-order valence-electron chi connectivity index (χ4n) is 1.84. The van der Waals surface area contributed by atoms with Gasteiger partial charge in [0, 0.05) is 13.1 Å². The summed E-state index contributed by atoms with van der Waals surface area (Å²) >= 11 is 1.61. The van der Waals surface area contributed by atoms with Gasteiger partial charge in [-0.05, 0) is 19.1 Å². The smallest absolute Gasteiger partial charge is 0.234 e. The fourth-order valence-corrected chi connectivity index (χ4v) is 2.52. The van der Waals surface area contributed by atoms with E-state index in [1.807, 2.05) is 6.26 Å². The summed E-state index contributed by atoms with van der Waals surface area (Å²) in [5, 5.41) is 11.8. The highest BCUT2D eigenvalue weighted by Crippen LogP contribution is 2.33. The average molecular weight is 251 g/mol. The first kappa shape index (κ1) is 13.9. The number of carbonyl (C=O) groups is 1. The van der Waals surface area contributed by atoms with Crippen LogP contribution in [0.25, 0.3) is 0 Å². The lowest BCUT2D eigenvalue weighted by Gasteiger charge is -2.35. The van der Waals surface area contributed by atoms with Gasteiger partial charge in [-0.25, -0.2) is 0 Å². The van der Waals surface area contributed by atoms with Crippen LogP contribution in [0.15, 0.2) is 0 Å². The van der Waals surface area contributed by atoms with E-state index in [9.17, 15) is 4.79 Å². The van der Waals surface area contributed by atoms with Gasteiger partial charge in [-0.1, -0.05) is 5.92 Å². The van der Waals surface area contributed by atoms with E-state index >= 15 is 0 Å². The van der Waals surface area contributed by atoms with Crippen molar-refractivity contribution in [2.75, 3.05) is 32.4 Å². The second-order valence-corrected chi connectivity index (χ2v) is 5.26. The summed E-state index contributed by atoms with van der Waals surface area (Å²) in [5.41, 5.74) is 0. The largest absolute Gasteiger partial charge is 0.344 e. The molecule has 1 N–H and O–H groups in total. The Bertz CT molecular complexity index is 348. The Morgan fingerprint density at radius 1 is 1.59 bits per heavy atom. The van der Waals surface area contributed by atoms with Crippen molar-refractivity contribution in [2.45, 2.75) is 17.6 Å². The van der Waals surface area contributed by atoms with Gasteiger partial charge in [-0.2, -0.15) is 5.26 Å². The number of amides is 1. The van der Waals surface area contributed by atoms with E-state index < -0.39 is 0 Å². The second-order valence-electron chi connectivity index (χ2n) is 4.07. The quantitative estimate of drug-likeness (QED) is 0.737. The van der Waals surface area contributed by atoms with Crippen molar-refractivity contribution in [3.8, 4) is 18.4 Å². The van der Waals surface area contributed by atoms with Gasteiger partial charge in [0.15, 0.2) is 0 Å². The molecule has 1 heterocycles. The molecule has 1 aliphatic heterocycles.